The largest absolute Gasteiger partial charge is 0.370 e. The number of nitrogens with one attached hydrogen (secondary N) is 5. The van der Waals surface area contributed by atoms with E-state index < -0.39 is 0 Å². The van der Waals surface area contributed by atoms with E-state index in [1.807, 2.05) is 212 Å². The predicted octanol–water partition coefficient (Wildman–Crippen LogP) is 9.24. The first-order valence-electron chi connectivity index (χ1n) is 31.2. The zero-order valence-corrected chi connectivity index (χ0v) is 52.4. The third kappa shape index (κ3) is 30.2. The molecule has 22 nitrogen and oxygen atoms in total. The van der Waals surface area contributed by atoms with E-state index >= 15 is 0 Å². The lowest BCUT2D eigenvalue weighted by Gasteiger charge is -2.26. The molecule has 0 radical (unpaired) electrons. The van der Waals surface area contributed by atoms with Crippen LogP contribution in [0.1, 0.15) is 51.4 Å². The second-order valence-electron chi connectivity index (χ2n) is 21.0. The van der Waals surface area contributed by atoms with Gasteiger partial charge in [0, 0.05) is 88.2 Å². The van der Waals surface area contributed by atoms with Crippen molar-refractivity contribution in [3.63, 3.8) is 0 Å². The molecule has 0 bridgehead atoms. The van der Waals surface area contributed by atoms with Crippen LogP contribution in [0.2, 0.25) is 0 Å². The van der Waals surface area contributed by atoms with Crippen molar-refractivity contribution >= 4 is 81.5 Å². The van der Waals surface area contributed by atoms with Crippen LogP contribution in [0, 0.1) is 0 Å². The number of anilines is 4. The van der Waals surface area contributed by atoms with Crippen LogP contribution in [0.5, 0.6) is 0 Å². The highest BCUT2D eigenvalue weighted by molar-refractivity contribution is 5.94. The summed E-state index contributed by atoms with van der Waals surface area (Å²) in [5.74, 6) is 3.05. The molecule has 0 saturated carbocycles. The van der Waals surface area contributed by atoms with Gasteiger partial charge in [0.1, 0.15) is 0 Å². The quantitative estimate of drug-likeness (QED) is 0.0104. The van der Waals surface area contributed by atoms with E-state index in [0.29, 0.717) is 81.0 Å². The Morgan fingerprint density at radius 2 is 0.484 bits per heavy atom. The summed E-state index contributed by atoms with van der Waals surface area (Å²) in [7, 11) is 0. The zero-order chi connectivity index (χ0) is 64.2. The molecule has 480 valence electrons. The number of rotatable bonds is 33. The van der Waals surface area contributed by atoms with Crippen molar-refractivity contribution < 1.29 is 0 Å². The molecule has 0 unspecified atom stereocenters. The SMILES string of the molecule is NC(=NCCCN(CCCCN(CCCN=C(N)Nc1ccccc1)C(N)=Nc1ccccc1)C(N)=Nc1ccccc1)Nc1ccccc1.NC(=NCCCNCCCCN(CCCN=C(N)Nc1ccccc1)C(N)=Nc1ccccc1)Nc1ccccc1. The Bertz CT molecular complexity index is 3150. The van der Waals surface area contributed by atoms with Gasteiger partial charge in [-0.3, -0.25) is 20.0 Å². The van der Waals surface area contributed by atoms with Gasteiger partial charge in [-0.2, -0.15) is 0 Å². The molecule has 7 rings (SSSR count). The average molecular weight is 1230 g/mol. The molecule has 19 N–H and O–H groups in total. The smallest absolute Gasteiger partial charge is 0.196 e. The van der Waals surface area contributed by atoms with Crippen molar-refractivity contribution in [2.75, 3.05) is 99.8 Å². The number of hydrogen-bond acceptors (Lipinski definition) is 8. The molecule has 0 aliphatic carbocycles. The molecule has 0 aliphatic heterocycles. The Labute approximate surface area is 537 Å². The van der Waals surface area contributed by atoms with Crippen LogP contribution < -0.4 is 66.7 Å². The molecule has 0 aromatic heterocycles. The number of hydrogen-bond donors (Lipinski definition) is 12. The summed E-state index contributed by atoms with van der Waals surface area (Å²) in [5, 5.41) is 15.9. The van der Waals surface area contributed by atoms with Crippen molar-refractivity contribution in [1.82, 2.24) is 20.0 Å². The standard InChI is InChI=1S/C38H50N12.C31H44N10/c39-35(45-31-17-5-1-6-18-31)43-25-15-29-49(37(41)47-33-21-9-3-10-22-33)27-13-14-28-50(38(42)48-34-23-11-4-12-24-34)30-16-26-44-36(40)46-32-19-7-2-8-20-32;32-29(38-26-14-4-1-5-15-26)36-22-12-21-35-20-10-11-24-41(31(34)40-28-18-8-3-9-19-28)25-13-23-37-30(33)39-27-16-6-2-7-17-27/h1-12,17-24H,13-16,25-30H2,(H2,41,47)(H2,42,48)(H3,39,43,45)(H3,40,44,46);1-9,14-19,35H,10-13,20-25H2,(H2,34,40)(H3,32,36,38)(H3,33,37,39). The summed E-state index contributed by atoms with van der Waals surface area (Å²) in [6.45, 7) is 8.55. The molecule has 0 fully saturated rings. The minimum Gasteiger partial charge on any atom is -0.370 e. The molecule has 0 aliphatic rings. The van der Waals surface area contributed by atoms with Crippen LogP contribution in [-0.2, 0) is 0 Å². The third-order valence-corrected chi connectivity index (χ3v) is 13.7. The maximum Gasteiger partial charge on any atom is 0.196 e. The van der Waals surface area contributed by atoms with Crippen molar-refractivity contribution in [2.45, 2.75) is 51.4 Å². The molecular weight excluding hydrogens is 1140 g/mol. The van der Waals surface area contributed by atoms with Gasteiger partial charge in [-0.05, 0) is 149 Å². The Balaban J connectivity index is 0.000000295. The molecule has 22 heteroatoms. The van der Waals surface area contributed by atoms with Crippen molar-refractivity contribution in [1.29, 1.82) is 0 Å². The van der Waals surface area contributed by atoms with E-state index in [2.05, 4.69) is 76.2 Å². The van der Waals surface area contributed by atoms with Gasteiger partial charge < -0.3 is 81.4 Å². The van der Waals surface area contributed by atoms with Crippen LogP contribution in [0.3, 0.4) is 0 Å². The Morgan fingerprint density at radius 1 is 0.264 bits per heavy atom. The molecule has 0 saturated heterocycles. The third-order valence-electron chi connectivity index (χ3n) is 13.7. The molecule has 0 atom stereocenters. The molecule has 91 heavy (non-hydrogen) atoms. The van der Waals surface area contributed by atoms with Crippen LogP contribution in [0.25, 0.3) is 0 Å². The van der Waals surface area contributed by atoms with Gasteiger partial charge >= 0.3 is 0 Å². The first-order valence-corrected chi connectivity index (χ1v) is 31.2. The molecule has 0 spiro atoms. The summed E-state index contributed by atoms with van der Waals surface area (Å²) >= 11 is 0. The topological polar surface area (TPSA) is 339 Å². The van der Waals surface area contributed by atoms with Gasteiger partial charge in [0.25, 0.3) is 0 Å². The second-order valence-corrected chi connectivity index (χ2v) is 21.0. The summed E-state index contributed by atoms with van der Waals surface area (Å²) in [4.78, 5) is 38.1. The molecular formula is C69H94N22. The van der Waals surface area contributed by atoms with Gasteiger partial charge in [0.15, 0.2) is 41.7 Å². The predicted molar refractivity (Wildman–Crippen MR) is 384 cm³/mol. The summed E-state index contributed by atoms with van der Waals surface area (Å²) < 4.78 is 0. The van der Waals surface area contributed by atoms with E-state index in [0.717, 1.165) is 130 Å². The number of para-hydroxylation sites is 7. The normalized spacial score (nSPS) is 12.3. The van der Waals surface area contributed by atoms with Gasteiger partial charge in [-0.1, -0.05) is 127 Å². The number of nitrogens with zero attached hydrogens (tertiary/aromatic N) is 10. The van der Waals surface area contributed by atoms with E-state index in [9.17, 15) is 0 Å². The van der Waals surface area contributed by atoms with Gasteiger partial charge in [-0.15, -0.1) is 0 Å². The fourth-order valence-corrected chi connectivity index (χ4v) is 9.04. The number of nitrogens with two attached hydrogens (primary N) is 7. The van der Waals surface area contributed by atoms with Crippen molar-refractivity contribution in [3.05, 3.63) is 212 Å². The average Bonchev–Trinajstić information content (AvgIpc) is 3.66. The van der Waals surface area contributed by atoms with Crippen molar-refractivity contribution in [3.8, 4) is 0 Å². The maximum atomic E-state index is 6.55. The Morgan fingerprint density at radius 3 is 0.758 bits per heavy atom. The van der Waals surface area contributed by atoms with Crippen LogP contribution in [0.15, 0.2) is 247 Å². The maximum absolute atomic E-state index is 6.55. The molecule has 0 amide bonds. The zero-order valence-electron chi connectivity index (χ0n) is 52.4. The first kappa shape index (κ1) is 69.5. The van der Waals surface area contributed by atoms with E-state index in [1.54, 1.807) is 0 Å². The van der Waals surface area contributed by atoms with Crippen LogP contribution in [0.4, 0.5) is 39.8 Å². The number of unbranched alkanes of at least 4 members (excludes halogenated alkanes) is 2. The fourth-order valence-electron chi connectivity index (χ4n) is 9.04. The van der Waals surface area contributed by atoms with Crippen LogP contribution >= 0.6 is 0 Å². The van der Waals surface area contributed by atoms with E-state index in [4.69, 9.17) is 40.1 Å². The van der Waals surface area contributed by atoms with Crippen molar-refractivity contribution in [2.24, 2.45) is 75.1 Å². The van der Waals surface area contributed by atoms with Gasteiger partial charge in [0.2, 0.25) is 0 Å². The second kappa shape index (κ2) is 42.3. The lowest BCUT2D eigenvalue weighted by Crippen LogP contribution is -2.40. The highest BCUT2D eigenvalue weighted by atomic mass is 15.3. The highest BCUT2D eigenvalue weighted by Crippen LogP contribution is 2.15. The molecule has 0 heterocycles. The monoisotopic (exact) mass is 1230 g/mol. The fraction of sp³-hybridized carbons (Fsp3) is 0.290. The van der Waals surface area contributed by atoms with Gasteiger partial charge in [0.05, 0.1) is 17.1 Å². The van der Waals surface area contributed by atoms with Crippen LogP contribution in [-0.4, -0.2) is 135 Å². The number of benzene rings is 7. The summed E-state index contributed by atoms with van der Waals surface area (Å²) in [5.41, 5.74) is 49.8. The highest BCUT2D eigenvalue weighted by Gasteiger charge is 2.13. The lowest BCUT2D eigenvalue weighted by molar-refractivity contribution is 0.359. The molecule has 7 aromatic rings. The summed E-state index contributed by atoms with van der Waals surface area (Å²) in [6, 6.07) is 68.3. The van der Waals surface area contributed by atoms with Gasteiger partial charge in [-0.25, -0.2) is 15.0 Å². The lowest BCUT2D eigenvalue weighted by atomic mass is 10.2. The van der Waals surface area contributed by atoms with E-state index in [-0.39, 0.29) is 0 Å². The molecule has 7 aromatic carbocycles. The van der Waals surface area contributed by atoms with E-state index in [1.165, 1.54) is 0 Å². The first-order chi connectivity index (χ1) is 44.6. The minimum atomic E-state index is 0.379. The Kier molecular flexibility index (Phi) is 32.3. The number of aliphatic imine (C=N–C) groups is 7. The minimum absolute atomic E-state index is 0.379. The number of guanidine groups is 7. The Hall–Kier alpha value is -10.6. The summed E-state index contributed by atoms with van der Waals surface area (Å²) in [6.07, 6.45) is 7.00.